The highest BCUT2D eigenvalue weighted by Gasteiger charge is 2.07. The Hall–Kier alpha value is -0.830. The van der Waals surface area contributed by atoms with Crippen molar-refractivity contribution in [2.75, 3.05) is 6.54 Å². The minimum absolute atomic E-state index is 0.00523. The molecule has 2 nitrogen and oxygen atoms in total. The average Bonchev–Trinajstić information content (AvgIpc) is 2.18. The topological polar surface area (TPSA) is 29.1 Å². The molecular formula is C11H14BrNO. The maximum Gasteiger partial charge on any atom is 0.251 e. The maximum atomic E-state index is 11.6. The minimum Gasteiger partial charge on any atom is -0.352 e. The predicted octanol–water partition coefficient (Wildman–Crippen LogP) is 2.90. The van der Waals surface area contributed by atoms with Crippen molar-refractivity contribution >= 4 is 21.8 Å². The first-order valence-electron chi connectivity index (χ1n) is 4.69. The summed E-state index contributed by atoms with van der Waals surface area (Å²) in [5.74, 6) is 0.00523. The van der Waals surface area contributed by atoms with Crippen LogP contribution in [0.2, 0.25) is 0 Å². The Labute approximate surface area is 92.8 Å². The number of hydrogen-bond acceptors (Lipinski definition) is 1. The Morgan fingerprint density at radius 1 is 1.50 bits per heavy atom. The van der Waals surface area contributed by atoms with Gasteiger partial charge in [0.15, 0.2) is 0 Å². The van der Waals surface area contributed by atoms with Crippen LogP contribution in [0.1, 0.15) is 29.3 Å². The van der Waals surface area contributed by atoms with E-state index in [-0.39, 0.29) is 5.91 Å². The Bertz CT molecular complexity index is 336. The lowest BCUT2D eigenvalue weighted by Gasteiger charge is -2.06. The molecule has 0 saturated carbocycles. The number of amides is 1. The van der Waals surface area contributed by atoms with Crippen LogP contribution in [0.15, 0.2) is 22.7 Å². The molecule has 0 aliphatic heterocycles. The van der Waals surface area contributed by atoms with Gasteiger partial charge in [-0.1, -0.05) is 28.9 Å². The zero-order chi connectivity index (χ0) is 10.6. The summed E-state index contributed by atoms with van der Waals surface area (Å²) in [6.07, 6.45) is 0.957. The largest absolute Gasteiger partial charge is 0.352 e. The summed E-state index contributed by atoms with van der Waals surface area (Å²) in [6, 6.07) is 5.72. The molecular weight excluding hydrogens is 242 g/mol. The summed E-state index contributed by atoms with van der Waals surface area (Å²) in [5.41, 5.74) is 1.75. The molecule has 0 radical (unpaired) electrons. The van der Waals surface area contributed by atoms with Gasteiger partial charge in [0.2, 0.25) is 0 Å². The molecule has 0 unspecified atom stereocenters. The summed E-state index contributed by atoms with van der Waals surface area (Å²) >= 11 is 3.35. The third kappa shape index (κ3) is 2.84. The molecule has 0 aromatic heterocycles. The van der Waals surface area contributed by atoms with Crippen LogP contribution in [0.4, 0.5) is 0 Å². The van der Waals surface area contributed by atoms with E-state index in [1.165, 1.54) is 0 Å². The Kier molecular flexibility index (Phi) is 4.14. The van der Waals surface area contributed by atoms with Crippen molar-refractivity contribution in [3.05, 3.63) is 33.8 Å². The molecule has 1 amide bonds. The summed E-state index contributed by atoms with van der Waals surface area (Å²) in [4.78, 5) is 11.6. The smallest absolute Gasteiger partial charge is 0.251 e. The van der Waals surface area contributed by atoms with Crippen molar-refractivity contribution < 1.29 is 4.79 Å². The molecule has 1 N–H and O–H groups in total. The van der Waals surface area contributed by atoms with Gasteiger partial charge < -0.3 is 5.32 Å². The first-order chi connectivity index (χ1) is 6.65. The van der Waals surface area contributed by atoms with Gasteiger partial charge in [0.25, 0.3) is 5.91 Å². The lowest BCUT2D eigenvalue weighted by molar-refractivity contribution is 0.0953. The molecule has 1 aromatic carbocycles. The molecule has 0 spiro atoms. The molecule has 0 fully saturated rings. The monoisotopic (exact) mass is 255 g/mol. The zero-order valence-electron chi connectivity index (χ0n) is 8.43. The Balaban J connectivity index is 2.83. The molecule has 0 bridgehead atoms. The van der Waals surface area contributed by atoms with E-state index in [1.54, 1.807) is 0 Å². The highest BCUT2D eigenvalue weighted by atomic mass is 79.9. The molecule has 0 aliphatic carbocycles. The molecule has 76 valence electrons. The zero-order valence-corrected chi connectivity index (χ0v) is 10.0. The highest BCUT2D eigenvalue weighted by molar-refractivity contribution is 9.10. The first kappa shape index (κ1) is 11.2. The number of rotatable bonds is 3. The van der Waals surface area contributed by atoms with Crippen LogP contribution in [0, 0.1) is 6.92 Å². The number of hydrogen-bond donors (Lipinski definition) is 1. The van der Waals surface area contributed by atoms with E-state index in [0.29, 0.717) is 0 Å². The highest BCUT2D eigenvalue weighted by Crippen LogP contribution is 2.15. The third-order valence-corrected chi connectivity index (χ3v) is 2.47. The molecule has 1 rings (SSSR count). The SMILES string of the molecule is CCCNC(=O)c1cc(Br)ccc1C. The van der Waals surface area contributed by atoms with Crippen molar-refractivity contribution in [2.45, 2.75) is 20.3 Å². The van der Waals surface area contributed by atoms with Crippen LogP contribution in [0.3, 0.4) is 0 Å². The lowest BCUT2D eigenvalue weighted by Crippen LogP contribution is -2.24. The van der Waals surface area contributed by atoms with Crippen molar-refractivity contribution in [1.29, 1.82) is 0 Å². The fraction of sp³-hybridized carbons (Fsp3) is 0.364. The number of benzene rings is 1. The first-order valence-corrected chi connectivity index (χ1v) is 5.48. The number of aryl methyl sites for hydroxylation is 1. The number of nitrogens with one attached hydrogen (secondary N) is 1. The number of carbonyl (C=O) groups excluding carboxylic acids is 1. The quantitative estimate of drug-likeness (QED) is 0.885. The van der Waals surface area contributed by atoms with Crippen LogP contribution >= 0.6 is 15.9 Å². The van der Waals surface area contributed by atoms with Crippen molar-refractivity contribution in [1.82, 2.24) is 5.32 Å². The van der Waals surface area contributed by atoms with Gasteiger partial charge in [-0.05, 0) is 31.0 Å². The van der Waals surface area contributed by atoms with E-state index in [4.69, 9.17) is 0 Å². The summed E-state index contributed by atoms with van der Waals surface area (Å²) in [5, 5.41) is 2.86. The van der Waals surface area contributed by atoms with Crippen molar-refractivity contribution in [2.24, 2.45) is 0 Å². The Morgan fingerprint density at radius 3 is 2.86 bits per heavy atom. The van der Waals surface area contributed by atoms with Gasteiger partial charge in [0, 0.05) is 16.6 Å². The number of carbonyl (C=O) groups is 1. The Morgan fingerprint density at radius 2 is 2.21 bits per heavy atom. The van der Waals surface area contributed by atoms with Gasteiger partial charge in [0.05, 0.1) is 0 Å². The van der Waals surface area contributed by atoms with Gasteiger partial charge in [-0.25, -0.2) is 0 Å². The van der Waals surface area contributed by atoms with Gasteiger partial charge in [-0.3, -0.25) is 4.79 Å². The third-order valence-electron chi connectivity index (χ3n) is 1.98. The van der Waals surface area contributed by atoms with Crippen LogP contribution < -0.4 is 5.32 Å². The second-order valence-corrected chi connectivity index (χ2v) is 4.13. The van der Waals surface area contributed by atoms with Crippen molar-refractivity contribution in [3.63, 3.8) is 0 Å². The van der Waals surface area contributed by atoms with E-state index < -0.39 is 0 Å². The van der Waals surface area contributed by atoms with Gasteiger partial charge in [-0.2, -0.15) is 0 Å². The van der Waals surface area contributed by atoms with Gasteiger partial charge >= 0.3 is 0 Å². The van der Waals surface area contributed by atoms with E-state index in [9.17, 15) is 4.79 Å². The molecule has 0 heterocycles. The van der Waals surface area contributed by atoms with Crippen molar-refractivity contribution in [3.8, 4) is 0 Å². The second kappa shape index (κ2) is 5.15. The number of halogens is 1. The standard InChI is InChI=1S/C11H14BrNO/c1-3-6-13-11(14)10-7-9(12)5-4-8(10)2/h4-5,7H,3,6H2,1-2H3,(H,13,14). The van der Waals surface area contributed by atoms with E-state index in [2.05, 4.69) is 21.2 Å². The van der Waals surface area contributed by atoms with Crippen LogP contribution in [0.5, 0.6) is 0 Å². The van der Waals surface area contributed by atoms with Gasteiger partial charge in [0.1, 0.15) is 0 Å². The lowest BCUT2D eigenvalue weighted by atomic mass is 10.1. The fourth-order valence-corrected chi connectivity index (χ4v) is 1.53. The molecule has 0 saturated heterocycles. The molecule has 1 aromatic rings. The summed E-state index contributed by atoms with van der Waals surface area (Å²) < 4.78 is 0.935. The molecule has 0 atom stereocenters. The second-order valence-electron chi connectivity index (χ2n) is 3.22. The average molecular weight is 256 g/mol. The van der Waals surface area contributed by atoms with E-state index >= 15 is 0 Å². The van der Waals surface area contributed by atoms with Crippen LogP contribution in [-0.2, 0) is 0 Å². The minimum atomic E-state index is 0.00523. The molecule has 3 heteroatoms. The maximum absolute atomic E-state index is 11.6. The predicted molar refractivity (Wildman–Crippen MR) is 61.5 cm³/mol. The van der Waals surface area contributed by atoms with Gasteiger partial charge in [-0.15, -0.1) is 0 Å². The van der Waals surface area contributed by atoms with Crippen LogP contribution in [0.25, 0.3) is 0 Å². The summed E-state index contributed by atoms with van der Waals surface area (Å²) in [7, 11) is 0. The van der Waals surface area contributed by atoms with E-state index in [1.807, 2.05) is 32.0 Å². The molecule has 14 heavy (non-hydrogen) atoms. The van der Waals surface area contributed by atoms with Crippen LogP contribution in [-0.4, -0.2) is 12.5 Å². The summed E-state index contributed by atoms with van der Waals surface area (Å²) in [6.45, 7) is 4.70. The fourth-order valence-electron chi connectivity index (χ4n) is 1.17. The molecule has 0 aliphatic rings. The normalized spacial score (nSPS) is 9.93. The van der Waals surface area contributed by atoms with E-state index in [0.717, 1.165) is 28.6 Å².